The number of nitro groups is 1. The summed E-state index contributed by atoms with van der Waals surface area (Å²) in [6.45, 7) is 1.58. The topological polar surface area (TPSA) is 81.5 Å². The zero-order valence-corrected chi connectivity index (χ0v) is 8.31. The van der Waals surface area contributed by atoms with Gasteiger partial charge in [0.15, 0.2) is 0 Å². The van der Waals surface area contributed by atoms with Crippen molar-refractivity contribution in [3.63, 3.8) is 0 Å². The van der Waals surface area contributed by atoms with Gasteiger partial charge in [0.05, 0.1) is 4.92 Å². The maximum absolute atomic E-state index is 10.8. The lowest BCUT2D eigenvalue weighted by Gasteiger charge is -2.04. The van der Waals surface area contributed by atoms with Gasteiger partial charge in [0.1, 0.15) is 5.75 Å². The van der Waals surface area contributed by atoms with Crippen molar-refractivity contribution < 1.29 is 14.5 Å². The molecule has 6 heteroatoms. The number of carbonyl (C=O) groups excluding carboxylic acids is 1. The smallest absolute Gasteiger partial charge is 0.410 e. The van der Waals surface area contributed by atoms with E-state index < -0.39 is 11.0 Å². The van der Waals surface area contributed by atoms with Crippen LogP contribution in [0.4, 0.5) is 10.5 Å². The van der Waals surface area contributed by atoms with Crippen LogP contribution in [0.15, 0.2) is 18.2 Å². The predicted octanol–water partition coefficient (Wildman–Crippen LogP) is 1.62. The van der Waals surface area contributed by atoms with Crippen LogP contribution in [-0.4, -0.2) is 18.1 Å². The van der Waals surface area contributed by atoms with Gasteiger partial charge in [0, 0.05) is 18.7 Å². The lowest BCUT2D eigenvalue weighted by atomic mass is 10.2. The zero-order chi connectivity index (χ0) is 11.4. The molecule has 0 unspecified atom stereocenters. The van der Waals surface area contributed by atoms with E-state index in [-0.39, 0.29) is 11.4 Å². The van der Waals surface area contributed by atoms with E-state index >= 15 is 0 Å². The van der Waals surface area contributed by atoms with E-state index in [0.29, 0.717) is 5.56 Å². The molecule has 0 atom stereocenters. The van der Waals surface area contributed by atoms with Gasteiger partial charge in [-0.05, 0) is 19.1 Å². The number of nitro benzene ring substituents is 1. The highest BCUT2D eigenvalue weighted by atomic mass is 16.6. The van der Waals surface area contributed by atoms with Crippen molar-refractivity contribution in [3.05, 3.63) is 33.9 Å². The van der Waals surface area contributed by atoms with Gasteiger partial charge in [0.2, 0.25) is 0 Å². The Balaban J connectivity index is 2.91. The molecule has 1 aromatic rings. The van der Waals surface area contributed by atoms with Crippen LogP contribution in [0.2, 0.25) is 0 Å². The number of ether oxygens (including phenoxy) is 1. The third kappa shape index (κ3) is 2.67. The number of rotatable bonds is 2. The van der Waals surface area contributed by atoms with E-state index in [9.17, 15) is 14.9 Å². The summed E-state index contributed by atoms with van der Waals surface area (Å²) >= 11 is 0. The molecule has 0 aromatic heterocycles. The second kappa shape index (κ2) is 4.41. The summed E-state index contributed by atoms with van der Waals surface area (Å²) in [5, 5.41) is 12.8. The quantitative estimate of drug-likeness (QED) is 0.594. The first kappa shape index (κ1) is 11.0. The van der Waals surface area contributed by atoms with Crippen molar-refractivity contribution >= 4 is 11.8 Å². The van der Waals surface area contributed by atoms with E-state index in [2.05, 4.69) is 5.32 Å². The molecule has 1 aromatic carbocycles. The second-order valence-corrected chi connectivity index (χ2v) is 2.84. The molecule has 1 rings (SSSR count). The van der Waals surface area contributed by atoms with Crippen LogP contribution >= 0.6 is 0 Å². The third-order valence-electron chi connectivity index (χ3n) is 1.78. The van der Waals surface area contributed by atoms with E-state index in [1.807, 2.05) is 0 Å². The summed E-state index contributed by atoms with van der Waals surface area (Å²) in [4.78, 5) is 20.9. The highest BCUT2D eigenvalue weighted by Crippen LogP contribution is 2.22. The first-order valence-electron chi connectivity index (χ1n) is 4.19. The van der Waals surface area contributed by atoms with Crippen molar-refractivity contribution in [2.24, 2.45) is 0 Å². The molecular formula is C9H10N2O4. The number of hydrogen-bond donors (Lipinski definition) is 1. The normalized spacial score (nSPS) is 9.47. The minimum absolute atomic E-state index is 0.000688. The predicted molar refractivity (Wildman–Crippen MR) is 52.9 cm³/mol. The highest BCUT2D eigenvalue weighted by molar-refractivity contribution is 5.70. The van der Waals surface area contributed by atoms with Gasteiger partial charge in [0.25, 0.3) is 5.69 Å². The Kier molecular flexibility index (Phi) is 3.22. The SMILES string of the molecule is CNC(=O)Oc1ccc([N+](=O)[O-])c(C)c1. The minimum Gasteiger partial charge on any atom is -0.410 e. The lowest BCUT2D eigenvalue weighted by molar-refractivity contribution is -0.385. The van der Waals surface area contributed by atoms with Crippen LogP contribution in [0.5, 0.6) is 5.75 Å². The number of benzene rings is 1. The molecule has 0 heterocycles. The van der Waals surface area contributed by atoms with E-state index in [0.717, 1.165) is 0 Å². The van der Waals surface area contributed by atoms with Gasteiger partial charge in [-0.15, -0.1) is 0 Å². The van der Waals surface area contributed by atoms with Crippen LogP contribution in [-0.2, 0) is 0 Å². The number of amides is 1. The molecule has 0 saturated heterocycles. The standard InChI is InChI=1S/C9H10N2O4/c1-6-5-7(15-9(12)10-2)3-4-8(6)11(13)14/h3-5H,1-2H3,(H,10,12). The first-order chi connectivity index (χ1) is 7.04. The molecule has 15 heavy (non-hydrogen) atoms. The van der Waals surface area contributed by atoms with Crippen molar-refractivity contribution in [2.45, 2.75) is 6.92 Å². The van der Waals surface area contributed by atoms with E-state index in [1.54, 1.807) is 6.92 Å². The Morgan fingerprint density at radius 2 is 2.20 bits per heavy atom. The van der Waals surface area contributed by atoms with Crippen LogP contribution in [0.3, 0.4) is 0 Å². The Morgan fingerprint density at radius 1 is 1.53 bits per heavy atom. The van der Waals surface area contributed by atoms with Gasteiger partial charge in [-0.3, -0.25) is 10.1 Å². The second-order valence-electron chi connectivity index (χ2n) is 2.84. The number of aryl methyl sites for hydroxylation is 1. The third-order valence-corrected chi connectivity index (χ3v) is 1.78. The maximum atomic E-state index is 10.8. The average Bonchev–Trinajstić information content (AvgIpc) is 2.17. The van der Waals surface area contributed by atoms with E-state index in [4.69, 9.17) is 4.74 Å². The van der Waals surface area contributed by atoms with Gasteiger partial charge in [-0.25, -0.2) is 4.79 Å². The molecule has 0 aliphatic rings. The Morgan fingerprint density at radius 3 is 2.67 bits per heavy atom. The van der Waals surface area contributed by atoms with Gasteiger partial charge < -0.3 is 10.1 Å². The monoisotopic (exact) mass is 210 g/mol. The van der Waals surface area contributed by atoms with Crippen LogP contribution < -0.4 is 10.1 Å². The average molecular weight is 210 g/mol. The minimum atomic E-state index is -0.608. The molecule has 0 fully saturated rings. The molecule has 1 amide bonds. The van der Waals surface area contributed by atoms with Gasteiger partial charge in [-0.1, -0.05) is 0 Å². The Hall–Kier alpha value is -2.11. The molecule has 0 saturated carbocycles. The summed E-state index contributed by atoms with van der Waals surface area (Å²) in [7, 11) is 1.43. The van der Waals surface area contributed by atoms with Gasteiger partial charge >= 0.3 is 6.09 Å². The molecule has 0 bridgehead atoms. The fourth-order valence-corrected chi connectivity index (χ4v) is 1.05. The molecule has 6 nitrogen and oxygen atoms in total. The van der Waals surface area contributed by atoms with Crippen LogP contribution in [0.1, 0.15) is 5.56 Å². The Labute approximate surface area is 86.0 Å². The van der Waals surface area contributed by atoms with Crippen LogP contribution in [0.25, 0.3) is 0 Å². The van der Waals surface area contributed by atoms with Crippen LogP contribution in [0, 0.1) is 17.0 Å². The summed E-state index contributed by atoms with van der Waals surface area (Å²) < 4.78 is 4.81. The largest absolute Gasteiger partial charge is 0.412 e. The van der Waals surface area contributed by atoms with Crippen molar-refractivity contribution in [1.82, 2.24) is 5.32 Å². The fourth-order valence-electron chi connectivity index (χ4n) is 1.05. The molecule has 0 radical (unpaired) electrons. The molecule has 80 valence electrons. The Bertz CT molecular complexity index is 403. The van der Waals surface area contributed by atoms with Crippen molar-refractivity contribution in [2.75, 3.05) is 7.05 Å². The number of nitrogens with zero attached hydrogens (tertiary/aromatic N) is 1. The zero-order valence-electron chi connectivity index (χ0n) is 8.31. The molecule has 0 spiro atoms. The number of hydrogen-bond acceptors (Lipinski definition) is 4. The molecule has 1 N–H and O–H groups in total. The first-order valence-corrected chi connectivity index (χ1v) is 4.19. The number of carbonyl (C=O) groups is 1. The fraction of sp³-hybridized carbons (Fsp3) is 0.222. The molecule has 0 aliphatic heterocycles. The highest BCUT2D eigenvalue weighted by Gasteiger charge is 2.11. The van der Waals surface area contributed by atoms with Gasteiger partial charge in [-0.2, -0.15) is 0 Å². The lowest BCUT2D eigenvalue weighted by Crippen LogP contribution is -2.22. The van der Waals surface area contributed by atoms with Crippen molar-refractivity contribution in [3.8, 4) is 5.75 Å². The summed E-state index contributed by atoms with van der Waals surface area (Å²) in [5.41, 5.74) is 0.445. The van der Waals surface area contributed by atoms with E-state index in [1.165, 1.54) is 25.2 Å². The summed E-state index contributed by atoms with van der Waals surface area (Å²) in [6.07, 6.45) is -0.608. The molecular weight excluding hydrogens is 200 g/mol. The molecule has 0 aliphatic carbocycles. The number of nitrogens with one attached hydrogen (secondary N) is 1. The summed E-state index contributed by atoms with van der Waals surface area (Å²) in [5.74, 6) is 0.275. The maximum Gasteiger partial charge on any atom is 0.412 e. The summed E-state index contributed by atoms with van der Waals surface area (Å²) in [6, 6.07) is 4.11. The van der Waals surface area contributed by atoms with Crippen molar-refractivity contribution in [1.29, 1.82) is 0 Å².